The lowest BCUT2D eigenvalue weighted by Crippen LogP contribution is -2.25. The number of hydrogen-bond acceptors (Lipinski definition) is 3. The van der Waals surface area contributed by atoms with Crippen molar-refractivity contribution in [2.45, 2.75) is 19.9 Å². The van der Waals surface area contributed by atoms with Crippen LogP contribution in [0.15, 0.2) is 42.5 Å². The molecule has 0 radical (unpaired) electrons. The Morgan fingerprint density at radius 1 is 1.29 bits per heavy atom. The fraction of sp³-hybridized carbons (Fsp3) is 0.235. The van der Waals surface area contributed by atoms with Crippen LogP contribution in [-0.4, -0.2) is 12.5 Å². The number of rotatable bonds is 3. The molecular formula is C17H19N3O. The molecule has 1 amide bonds. The SMILES string of the molecule is CC(=O)N1CCc2cc(NCc3ccccc3N)ccc21. The molecule has 3 rings (SSSR count). The number of nitrogens with zero attached hydrogens (tertiary/aromatic N) is 1. The number of benzene rings is 2. The first-order valence-electron chi connectivity index (χ1n) is 7.13. The van der Waals surface area contributed by atoms with Crippen molar-refractivity contribution < 1.29 is 4.79 Å². The summed E-state index contributed by atoms with van der Waals surface area (Å²) in [6.45, 7) is 3.08. The summed E-state index contributed by atoms with van der Waals surface area (Å²) < 4.78 is 0. The summed E-state index contributed by atoms with van der Waals surface area (Å²) in [7, 11) is 0. The monoisotopic (exact) mass is 281 g/mol. The summed E-state index contributed by atoms with van der Waals surface area (Å²) in [4.78, 5) is 13.4. The maximum atomic E-state index is 11.5. The first-order chi connectivity index (χ1) is 10.1. The van der Waals surface area contributed by atoms with Gasteiger partial charge in [-0.1, -0.05) is 18.2 Å². The van der Waals surface area contributed by atoms with Gasteiger partial charge in [0.15, 0.2) is 0 Å². The Morgan fingerprint density at radius 3 is 2.86 bits per heavy atom. The van der Waals surface area contributed by atoms with Crippen LogP contribution in [0.5, 0.6) is 0 Å². The Kier molecular flexibility index (Phi) is 3.52. The van der Waals surface area contributed by atoms with Crippen LogP contribution in [-0.2, 0) is 17.8 Å². The van der Waals surface area contributed by atoms with Crippen molar-refractivity contribution in [1.29, 1.82) is 0 Å². The number of hydrogen-bond donors (Lipinski definition) is 2. The molecule has 2 aromatic rings. The minimum absolute atomic E-state index is 0.103. The molecule has 1 aliphatic heterocycles. The molecule has 108 valence electrons. The highest BCUT2D eigenvalue weighted by Crippen LogP contribution is 2.30. The Labute approximate surface area is 124 Å². The summed E-state index contributed by atoms with van der Waals surface area (Å²) in [6, 6.07) is 14.0. The van der Waals surface area contributed by atoms with Gasteiger partial charge in [0.2, 0.25) is 5.91 Å². The van der Waals surface area contributed by atoms with Crippen LogP contribution in [0.25, 0.3) is 0 Å². The van der Waals surface area contributed by atoms with E-state index in [0.717, 1.165) is 35.6 Å². The molecule has 0 aliphatic carbocycles. The second-order valence-electron chi connectivity index (χ2n) is 5.32. The van der Waals surface area contributed by atoms with E-state index < -0.39 is 0 Å². The molecule has 21 heavy (non-hydrogen) atoms. The van der Waals surface area contributed by atoms with Crippen LogP contribution in [0.4, 0.5) is 17.1 Å². The van der Waals surface area contributed by atoms with Gasteiger partial charge in [-0.25, -0.2) is 0 Å². The highest BCUT2D eigenvalue weighted by molar-refractivity contribution is 5.94. The fourth-order valence-corrected chi connectivity index (χ4v) is 2.73. The Morgan fingerprint density at radius 2 is 2.10 bits per heavy atom. The number of fused-ring (bicyclic) bond motifs is 1. The summed E-state index contributed by atoms with van der Waals surface area (Å²) in [5.74, 6) is 0.103. The summed E-state index contributed by atoms with van der Waals surface area (Å²) in [5.41, 5.74) is 11.1. The van der Waals surface area contributed by atoms with E-state index in [1.807, 2.05) is 41.3 Å². The van der Waals surface area contributed by atoms with Crippen LogP contribution >= 0.6 is 0 Å². The van der Waals surface area contributed by atoms with Gasteiger partial charge >= 0.3 is 0 Å². The maximum absolute atomic E-state index is 11.5. The van der Waals surface area contributed by atoms with E-state index >= 15 is 0 Å². The van der Waals surface area contributed by atoms with E-state index in [4.69, 9.17) is 5.73 Å². The van der Waals surface area contributed by atoms with Crippen molar-refractivity contribution in [3.05, 3.63) is 53.6 Å². The Balaban J connectivity index is 1.74. The predicted molar refractivity (Wildman–Crippen MR) is 86.4 cm³/mol. The van der Waals surface area contributed by atoms with Gasteiger partial charge in [-0.15, -0.1) is 0 Å². The van der Waals surface area contributed by atoms with Crippen molar-refractivity contribution in [2.24, 2.45) is 0 Å². The van der Waals surface area contributed by atoms with Gasteiger partial charge in [0.25, 0.3) is 0 Å². The molecule has 1 aliphatic rings. The summed E-state index contributed by atoms with van der Waals surface area (Å²) in [6.07, 6.45) is 0.915. The predicted octanol–water partition coefficient (Wildman–Crippen LogP) is 2.79. The Bertz CT molecular complexity index is 681. The second-order valence-corrected chi connectivity index (χ2v) is 5.32. The third-order valence-electron chi connectivity index (χ3n) is 3.89. The summed E-state index contributed by atoms with van der Waals surface area (Å²) in [5, 5.41) is 3.39. The van der Waals surface area contributed by atoms with E-state index in [9.17, 15) is 4.79 Å². The highest BCUT2D eigenvalue weighted by atomic mass is 16.2. The average molecular weight is 281 g/mol. The standard InChI is InChI=1S/C17H19N3O/c1-12(21)20-9-8-13-10-15(6-7-17(13)20)19-11-14-4-2-3-5-16(14)18/h2-7,10,19H,8-9,11,18H2,1H3. The van der Waals surface area contributed by atoms with Crippen LogP contribution < -0.4 is 16.0 Å². The number of carbonyl (C=O) groups is 1. The zero-order chi connectivity index (χ0) is 14.8. The average Bonchev–Trinajstić information content (AvgIpc) is 2.89. The number of amides is 1. The molecule has 0 fully saturated rings. The van der Waals surface area contributed by atoms with Crippen molar-refractivity contribution in [1.82, 2.24) is 0 Å². The van der Waals surface area contributed by atoms with Crippen molar-refractivity contribution in [2.75, 3.05) is 22.5 Å². The zero-order valence-electron chi connectivity index (χ0n) is 12.1. The van der Waals surface area contributed by atoms with Crippen molar-refractivity contribution in [3.8, 4) is 0 Å². The Hall–Kier alpha value is -2.49. The van der Waals surface area contributed by atoms with Crippen molar-refractivity contribution in [3.63, 3.8) is 0 Å². The van der Waals surface area contributed by atoms with Gasteiger partial charge in [-0.2, -0.15) is 0 Å². The van der Waals surface area contributed by atoms with Crippen LogP contribution in [0.2, 0.25) is 0 Å². The molecule has 0 bridgehead atoms. The minimum atomic E-state index is 0.103. The van der Waals surface area contributed by atoms with Gasteiger partial charge in [0.05, 0.1) is 0 Å². The largest absolute Gasteiger partial charge is 0.398 e. The summed E-state index contributed by atoms with van der Waals surface area (Å²) >= 11 is 0. The molecule has 3 N–H and O–H groups in total. The lowest BCUT2D eigenvalue weighted by Gasteiger charge is -2.15. The van der Waals surface area contributed by atoms with Gasteiger partial charge < -0.3 is 16.0 Å². The molecular weight excluding hydrogens is 262 g/mol. The minimum Gasteiger partial charge on any atom is -0.398 e. The third-order valence-corrected chi connectivity index (χ3v) is 3.89. The number of carbonyl (C=O) groups excluding carboxylic acids is 1. The molecule has 0 saturated heterocycles. The molecule has 0 saturated carbocycles. The first-order valence-corrected chi connectivity index (χ1v) is 7.13. The molecule has 4 heteroatoms. The highest BCUT2D eigenvalue weighted by Gasteiger charge is 2.21. The number of anilines is 3. The fourth-order valence-electron chi connectivity index (χ4n) is 2.73. The molecule has 4 nitrogen and oxygen atoms in total. The number of nitrogens with two attached hydrogens (primary N) is 1. The normalized spacial score (nSPS) is 13.1. The lowest BCUT2D eigenvalue weighted by atomic mass is 10.1. The molecule has 0 spiro atoms. The van der Waals surface area contributed by atoms with E-state index in [0.29, 0.717) is 6.54 Å². The van der Waals surface area contributed by atoms with E-state index in [2.05, 4.69) is 11.4 Å². The van der Waals surface area contributed by atoms with Gasteiger partial charge in [-0.3, -0.25) is 4.79 Å². The van der Waals surface area contributed by atoms with Crippen LogP contribution in [0, 0.1) is 0 Å². The number of nitrogen functional groups attached to an aromatic ring is 1. The molecule has 0 unspecified atom stereocenters. The third kappa shape index (κ3) is 2.70. The number of para-hydroxylation sites is 1. The quantitative estimate of drug-likeness (QED) is 0.851. The number of nitrogens with one attached hydrogen (secondary N) is 1. The maximum Gasteiger partial charge on any atom is 0.223 e. The molecule has 0 atom stereocenters. The van der Waals surface area contributed by atoms with Crippen molar-refractivity contribution >= 4 is 23.0 Å². The van der Waals surface area contributed by atoms with Gasteiger partial charge in [0, 0.05) is 37.1 Å². The lowest BCUT2D eigenvalue weighted by molar-refractivity contribution is -0.116. The topological polar surface area (TPSA) is 58.4 Å². The van der Waals surface area contributed by atoms with Gasteiger partial charge in [0.1, 0.15) is 0 Å². The smallest absolute Gasteiger partial charge is 0.223 e. The molecule has 0 aromatic heterocycles. The van der Waals surface area contributed by atoms with Crippen LogP contribution in [0.3, 0.4) is 0 Å². The van der Waals surface area contributed by atoms with E-state index in [-0.39, 0.29) is 5.91 Å². The second kappa shape index (κ2) is 5.48. The van der Waals surface area contributed by atoms with E-state index in [1.54, 1.807) is 6.92 Å². The zero-order valence-corrected chi connectivity index (χ0v) is 12.1. The van der Waals surface area contributed by atoms with Gasteiger partial charge in [-0.05, 0) is 41.8 Å². The molecule has 1 heterocycles. The van der Waals surface area contributed by atoms with Crippen LogP contribution in [0.1, 0.15) is 18.1 Å². The molecule has 2 aromatic carbocycles. The first kappa shape index (κ1) is 13.5. The van der Waals surface area contributed by atoms with E-state index in [1.165, 1.54) is 5.56 Å².